The third-order valence-electron chi connectivity index (χ3n) is 3.41. The molecule has 0 aliphatic carbocycles. The van der Waals surface area contributed by atoms with E-state index in [0.717, 1.165) is 5.69 Å². The molecule has 1 aromatic heterocycles. The molecule has 1 aliphatic rings. The lowest BCUT2D eigenvalue weighted by Crippen LogP contribution is -2.45. The number of hydrogen-bond donors (Lipinski definition) is 0. The van der Waals surface area contributed by atoms with Gasteiger partial charge in [0, 0.05) is 13.1 Å². The lowest BCUT2D eigenvalue weighted by molar-refractivity contribution is -0.135. The van der Waals surface area contributed by atoms with E-state index in [0.29, 0.717) is 30.6 Å². The van der Waals surface area contributed by atoms with Crippen molar-refractivity contribution in [2.75, 3.05) is 25.4 Å². The van der Waals surface area contributed by atoms with E-state index in [1.807, 2.05) is 42.2 Å². The molecule has 0 saturated carbocycles. The van der Waals surface area contributed by atoms with E-state index < -0.39 is 0 Å². The van der Waals surface area contributed by atoms with Crippen molar-refractivity contribution in [3.8, 4) is 5.69 Å². The van der Waals surface area contributed by atoms with Crippen molar-refractivity contribution >= 4 is 17.7 Å². The summed E-state index contributed by atoms with van der Waals surface area (Å²) in [5.74, 6) is 0.460. The Morgan fingerprint density at radius 3 is 3.00 bits per heavy atom. The molecule has 7 heteroatoms. The van der Waals surface area contributed by atoms with Crippen LogP contribution in [0.25, 0.3) is 5.69 Å². The van der Waals surface area contributed by atoms with Crippen molar-refractivity contribution in [3.05, 3.63) is 36.7 Å². The molecule has 0 spiro atoms. The maximum absolute atomic E-state index is 12.2. The van der Waals surface area contributed by atoms with Gasteiger partial charge in [-0.05, 0) is 19.1 Å². The third-order valence-corrected chi connectivity index (χ3v) is 4.25. The Morgan fingerprint density at radius 1 is 1.41 bits per heavy atom. The summed E-state index contributed by atoms with van der Waals surface area (Å²) in [5.41, 5.74) is 0.954. The fourth-order valence-corrected chi connectivity index (χ4v) is 2.98. The van der Waals surface area contributed by atoms with E-state index in [1.54, 1.807) is 11.0 Å². The molecule has 2 aromatic rings. The number of carbonyl (C=O) groups excluding carboxylic acids is 1. The van der Waals surface area contributed by atoms with E-state index in [2.05, 4.69) is 10.1 Å². The predicted molar refractivity (Wildman–Crippen MR) is 84.1 cm³/mol. The maximum Gasteiger partial charge on any atom is 0.233 e. The van der Waals surface area contributed by atoms with Crippen molar-refractivity contribution in [2.24, 2.45) is 0 Å². The van der Waals surface area contributed by atoms with Crippen molar-refractivity contribution in [2.45, 2.75) is 18.2 Å². The highest BCUT2D eigenvalue weighted by molar-refractivity contribution is 7.99. The summed E-state index contributed by atoms with van der Waals surface area (Å²) in [6.45, 7) is 3.91. The summed E-state index contributed by atoms with van der Waals surface area (Å²) >= 11 is 1.36. The average molecular weight is 318 g/mol. The fourth-order valence-electron chi connectivity index (χ4n) is 2.28. The Bertz CT molecular complexity index is 631. The number of para-hydroxylation sites is 1. The molecule has 0 radical (unpaired) electrons. The Morgan fingerprint density at radius 2 is 2.23 bits per heavy atom. The number of ether oxygens (including phenoxy) is 1. The van der Waals surface area contributed by atoms with Crippen molar-refractivity contribution in [1.82, 2.24) is 19.7 Å². The molecule has 1 aromatic carbocycles. The van der Waals surface area contributed by atoms with Gasteiger partial charge in [0.25, 0.3) is 0 Å². The zero-order valence-electron chi connectivity index (χ0n) is 12.4. The number of benzene rings is 1. The molecule has 3 rings (SSSR count). The minimum Gasteiger partial charge on any atom is -0.375 e. The highest BCUT2D eigenvalue weighted by atomic mass is 32.2. The molecular weight excluding hydrogens is 300 g/mol. The van der Waals surface area contributed by atoms with Gasteiger partial charge < -0.3 is 9.64 Å². The first kappa shape index (κ1) is 15.1. The number of thioether (sulfide) groups is 1. The van der Waals surface area contributed by atoms with Gasteiger partial charge in [-0.15, -0.1) is 5.10 Å². The number of nitrogens with zero attached hydrogens (tertiary/aromatic N) is 4. The standard InChI is InChI=1S/C15H18N4O2S/c1-12-9-18(7-8-21-12)14(20)10-22-15-16-11-19(17-15)13-5-3-2-4-6-13/h2-6,11-12H,7-10H2,1H3. The van der Waals surface area contributed by atoms with E-state index in [4.69, 9.17) is 4.74 Å². The summed E-state index contributed by atoms with van der Waals surface area (Å²) in [6.07, 6.45) is 1.77. The summed E-state index contributed by atoms with van der Waals surface area (Å²) in [4.78, 5) is 18.3. The molecule has 6 nitrogen and oxygen atoms in total. The number of aromatic nitrogens is 3. The SMILES string of the molecule is CC1CN(C(=O)CSc2ncn(-c3ccccc3)n2)CCO1. The van der Waals surface area contributed by atoms with Gasteiger partial charge in [-0.25, -0.2) is 9.67 Å². The molecule has 2 heterocycles. The van der Waals surface area contributed by atoms with Gasteiger partial charge >= 0.3 is 0 Å². The smallest absolute Gasteiger partial charge is 0.233 e. The van der Waals surface area contributed by atoms with Crippen LogP contribution in [0.5, 0.6) is 0 Å². The zero-order valence-corrected chi connectivity index (χ0v) is 13.2. The first-order chi connectivity index (χ1) is 10.7. The van der Waals surface area contributed by atoms with Crippen molar-refractivity contribution in [1.29, 1.82) is 0 Å². The largest absolute Gasteiger partial charge is 0.375 e. The zero-order chi connectivity index (χ0) is 15.4. The lowest BCUT2D eigenvalue weighted by Gasteiger charge is -2.31. The van der Waals surface area contributed by atoms with Gasteiger partial charge in [-0.2, -0.15) is 0 Å². The first-order valence-electron chi connectivity index (χ1n) is 7.21. The summed E-state index contributed by atoms with van der Waals surface area (Å²) in [7, 11) is 0. The van der Waals surface area contributed by atoms with Gasteiger partial charge in [0.1, 0.15) is 6.33 Å². The number of rotatable bonds is 4. The number of carbonyl (C=O) groups is 1. The average Bonchev–Trinajstić information content (AvgIpc) is 3.02. The Hall–Kier alpha value is -1.86. The molecule has 1 unspecified atom stereocenters. The normalized spacial score (nSPS) is 18.4. The van der Waals surface area contributed by atoms with Crippen molar-refractivity contribution in [3.63, 3.8) is 0 Å². The Balaban J connectivity index is 1.56. The van der Waals surface area contributed by atoms with Crippen LogP contribution in [0.15, 0.2) is 41.8 Å². The monoisotopic (exact) mass is 318 g/mol. The van der Waals surface area contributed by atoms with Crippen LogP contribution >= 0.6 is 11.8 Å². The minimum absolute atomic E-state index is 0.108. The van der Waals surface area contributed by atoms with Crippen LogP contribution in [0.4, 0.5) is 0 Å². The molecule has 22 heavy (non-hydrogen) atoms. The summed E-state index contributed by atoms with van der Waals surface area (Å²) < 4.78 is 7.16. The minimum atomic E-state index is 0.108. The molecule has 1 atom stereocenters. The number of hydrogen-bond acceptors (Lipinski definition) is 5. The van der Waals surface area contributed by atoms with E-state index in [1.165, 1.54) is 11.8 Å². The van der Waals surface area contributed by atoms with Crippen LogP contribution in [-0.4, -0.2) is 57.1 Å². The molecule has 0 N–H and O–H groups in total. The lowest BCUT2D eigenvalue weighted by atomic mass is 10.3. The molecule has 116 valence electrons. The number of morpholine rings is 1. The van der Waals surface area contributed by atoms with Crippen LogP contribution in [0, 0.1) is 0 Å². The molecule has 1 aliphatic heterocycles. The van der Waals surface area contributed by atoms with Crippen LogP contribution in [0.3, 0.4) is 0 Å². The van der Waals surface area contributed by atoms with Gasteiger partial charge in [-0.3, -0.25) is 4.79 Å². The topological polar surface area (TPSA) is 60.2 Å². The number of amides is 1. The van der Waals surface area contributed by atoms with Crippen LogP contribution in [-0.2, 0) is 9.53 Å². The molecule has 1 amide bonds. The highest BCUT2D eigenvalue weighted by Crippen LogP contribution is 2.16. The molecular formula is C15H18N4O2S. The Kier molecular flexibility index (Phi) is 4.74. The van der Waals surface area contributed by atoms with Gasteiger partial charge in [-0.1, -0.05) is 30.0 Å². The van der Waals surface area contributed by atoms with Gasteiger partial charge in [0.15, 0.2) is 0 Å². The van der Waals surface area contributed by atoms with E-state index in [9.17, 15) is 4.79 Å². The highest BCUT2D eigenvalue weighted by Gasteiger charge is 2.21. The van der Waals surface area contributed by atoms with Crippen molar-refractivity contribution < 1.29 is 9.53 Å². The third kappa shape index (κ3) is 3.66. The first-order valence-corrected chi connectivity index (χ1v) is 8.20. The summed E-state index contributed by atoms with van der Waals surface area (Å²) in [5, 5.41) is 5.00. The fraction of sp³-hybridized carbons (Fsp3) is 0.400. The second kappa shape index (κ2) is 6.93. The molecule has 1 fully saturated rings. The quantitative estimate of drug-likeness (QED) is 0.802. The van der Waals surface area contributed by atoms with E-state index >= 15 is 0 Å². The molecule has 1 saturated heterocycles. The molecule has 0 bridgehead atoms. The predicted octanol–water partition coefficient (Wildman–Crippen LogP) is 1.61. The van der Waals surface area contributed by atoms with Crippen LogP contribution in [0.2, 0.25) is 0 Å². The summed E-state index contributed by atoms with van der Waals surface area (Å²) in [6, 6.07) is 9.78. The van der Waals surface area contributed by atoms with Crippen LogP contribution < -0.4 is 0 Å². The second-order valence-corrected chi connectivity index (χ2v) is 6.06. The van der Waals surface area contributed by atoms with Crippen LogP contribution in [0.1, 0.15) is 6.92 Å². The Labute approximate surface area is 133 Å². The second-order valence-electron chi connectivity index (χ2n) is 5.12. The van der Waals surface area contributed by atoms with E-state index in [-0.39, 0.29) is 12.0 Å². The maximum atomic E-state index is 12.2. The van der Waals surface area contributed by atoms with Gasteiger partial charge in [0.2, 0.25) is 11.1 Å². The van der Waals surface area contributed by atoms with Gasteiger partial charge in [0.05, 0.1) is 24.2 Å².